The highest BCUT2D eigenvalue weighted by molar-refractivity contribution is 7.90. The van der Waals surface area contributed by atoms with Gasteiger partial charge in [-0.1, -0.05) is 24.3 Å². The molecule has 0 aliphatic rings. The predicted molar refractivity (Wildman–Crippen MR) is 90.6 cm³/mol. The number of nitrogens with one attached hydrogen (secondary N) is 1. The van der Waals surface area contributed by atoms with Crippen LogP contribution in [0.1, 0.15) is 50.7 Å². The Morgan fingerprint density at radius 1 is 1.19 bits per heavy atom. The maximum Gasteiger partial charge on any atom is 0.147 e. The van der Waals surface area contributed by atoms with Crippen LogP contribution >= 0.6 is 0 Å². The fourth-order valence-electron chi connectivity index (χ4n) is 2.43. The van der Waals surface area contributed by atoms with Gasteiger partial charge in [0.1, 0.15) is 9.84 Å². The van der Waals surface area contributed by atoms with E-state index in [2.05, 4.69) is 51.2 Å². The molecule has 0 aromatic heterocycles. The minimum atomic E-state index is -2.88. The standard InChI is InChI=1S/C17H29NO2S/c1-14-9-6-7-11-16(14)15(13-18-17(2,3)4)10-8-12-21(5,19)20/h6-7,9,11,15,18H,8,10,12-13H2,1-5H3. The minimum Gasteiger partial charge on any atom is -0.311 e. The molecule has 120 valence electrons. The Morgan fingerprint density at radius 3 is 2.33 bits per heavy atom. The molecule has 1 N–H and O–H groups in total. The molecule has 21 heavy (non-hydrogen) atoms. The second kappa shape index (κ2) is 7.41. The van der Waals surface area contributed by atoms with Crippen molar-refractivity contribution in [2.75, 3.05) is 18.6 Å². The van der Waals surface area contributed by atoms with Gasteiger partial charge in [0.05, 0.1) is 0 Å². The summed E-state index contributed by atoms with van der Waals surface area (Å²) in [6.07, 6.45) is 2.91. The Hall–Kier alpha value is -0.870. The van der Waals surface area contributed by atoms with Crippen LogP contribution in [-0.2, 0) is 9.84 Å². The van der Waals surface area contributed by atoms with Gasteiger partial charge in [0, 0.05) is 24.1 Å². The maximum absolute atomic E-state index is 11.3. The van der Waals surface area contributed by atoms with Gasteiger partial charge in [0.25, 0.3) is 0 Å². The first kappa shape index (κ1) is 18.2. The highest BCUT2D eigenvalue weighted by Crippen LogP contribution is 2.24. The van der Waals surface area contributed by atoms with Crippen molar-refractivity contribution in [3.05, 3.63) is 35.4 Å². The lowest BCUT2D eigenvalue weighted by Gasteiger charge is -2.26. The first-order chi connectivity index (χ1) is 9.58. The molecule has 1 aromatic carbocycles. The normalized spacial score (nSPS) is 14.1. The van der Waals surface area contributed by atoms with Crippen molar-refractivity contribution in [3.8, 4) is 0 Å². The molecule has 0 heterocycles. The third-order valence-electron chi connectivity index (χ3n) is 3.57. The zero-order valence-electron chi connectivity index (χ0n) is 13.9. The van der Waals surface area contributed by atoms with Crippen molar-refractivity contribution in [2.24, 2.45) is 0 Å². The Balaban J connectivity index is 2.77. The largest absolute Gasteiger partial charge is 0.311 e. The SMILES string of the molecule is Cc1ccccc1C(CCCS(C)(=O)=O)CNC(C)(C)C. The van der Waals surface area contributed by atoms with Crippen LogP contribution in [0.5, 0.6) is 0 Å². The average Bonchev–Trinajstić information content (AvgIpc) is 2.32. The fraction of sp³-hybridized carbons (Fsp3) is 0.647. The van der Waals surface area contributed by atoms with Gasteiger partial charge in [-0.15, -0.1) is 0 Å². The number of sulfone groups is 1. The van der Waals surface area contributed by atoms with Gasteiger partial charge in [-0.2, -0.15) is 0 Å². The Labute approximate surface area is 130 Å². The maximum atomic E-state index is 11.3. The van der Waals surface area contributed by atoms with Gasteiger partial charge in [0.2, 0.25) is 0 Å². The van der Waals surface area contributed by atoms with Crippen molar-refractivity contribution in [1.29, 1.82) is 0 Å². The molecule has 3 nitrogen and oxygen atoms in total. The van der Waals surface area contributed by atoms with E-state index in [-0.39, 0.29) is 11.3 Å². The van der Waals surface area contributed by atoms with Crippen LogP contribution in [0.4, 0.5) is 0 Å². The first-order valence-corrected chi connectivity index (χ1v) is 9.63. The zero-order chi connectivity index (χ0) is 16.1. The quantitative estimate of drug-likeness (QED) is 0.840. The molecule has 1 unspecified atom stereocenters. The van der Waals surface area contributed by atoms with Crippen LogP contribution in [0.25, 0.3) is 0 Å². The molecule has 1 aromatic rings. The summed E-state index contributed by atoms with van der Waals surface area (Å²) >= 11 is 0. The molecule has 1 rings (SSSR count). The average molecular weight is 311 g/mol. The van der Waals surface area contributed by atoms with Gasteiger partial charge in [-0.25, -0.2) is 8.42 Å². The molecule has 0 bridgehead atoms. The molecule has 0 saturated carbocycles. The lowest BCUT2D eigenvalue weighted by molar-refractivity contribution is 0.397. The second-order valence-electron chi connectivity index (χ2n) is 6.96. The van der Waals surface area contributed by atoms with Gasteiger partial charge in [-0.3, -0.25) is 0 Å². The third-order valence-corrected chi connectivity index (χ3v) is 4.61. The van der Waals surface area contributed by atoms with E-state index < -0.39 is 9.84 Å². The van der Waals surface area contributed by atoms with Crippen molar-refractivity contribution in [1.82, 2.24) is 5.32 Å². The summed E-state index contributed by atoms with van der Waals surface area (Å²) in [6.45, 7) is 9.45. The topological polar surface area (TPSA) is 46.2 Å². The van der Waals surface area contributed by atoms with E-state index in [1.54, 1.807) is 0 Å². The molecule has 1 atom stereocenters. The minimum absolute atomic E-state index is 0.0672. The lowest BCUT2D eigenvalue weighted by Crippen LogP contribution is -2.38. The zero-order valence-corrected chi connectivity index (χ0v) is 14.8. The van der Waals surface area contributed by atoms with Gasteiger partial charge >= 0.3 is 0 Å². The number of hydrogen-bond donors (Lipinski definition) is 1. The van der Waals surface area contributed by atoms with Gasteiger partial charge in [0.15, 0.2) is 0 Å². The molecule has 0 fully saturated rings. The summed E-state index contributed by atoms with van der Waals surface area (Å²) in [5.41, 5.74) is 2.66. The van der Waals surface area contributed by atoms with E-state index in [0.717, 1.165) is 13.0 Å². The monoisotopic (exact) mass is 311 g/mol. The molecule has 0 amide bonds. The van der Waals surface area contributed by atoms with E-state index in [0.29, 0.717) is 12.3 Å². The number of aryl methyl sites for hydroxylation is 1. The van der Waals surface area contributed by atoms with Crippen LogP contribution in [0.15, 0.2) is 24.3 Å². The van der Waals surface area contributed by atoms with Crippen LogP contribution in [-0.4, -0.2) is 32.5 Å². The molecule has 0 aliphatic carbocycles. The third kappa shape index (κ3) is 7.63. The van der Waals surface area contributed by atoms with Crippen LogP contribution in [0.2, 0.25) is 0 Å². The summed E-state index contributed by atoms with van der Waals surface area (Å²) in [7, 11) is -2.88. The van der Waals surface area contributed by atoms with Gasteiger partial charge < -0.3 is 5.32 Å². The van der Waals surface area contributed by atoms with E-state index in [4.69, 9.17) is 0 Å². The fourth-order valence-corrected chi connectivity index (χ4v) is 3.12. The van der Waals surface area contributed by atoms with Crippen molar-refractivity contribution in [3.63, 3.8) is 0 Å². The molecule has 0 spiro atoms. The number of hydrogen-bond acceptors (Lipinski definition) is 3. The summed E-state index contributed by atoms with van der Waals surface area (Å²) in [4.78, 5) is 0. The van der Waals surface area contributed by atoms with E-state index in [9.17, 15) is 8.42 Å². The molecule has 0 aliphatic heterocycles. The molecule has 4 heteroatoms. The van der Waals surface area contributed by atoms with E-state index in [1.807, 2.05) is 6.07 Å². The summed E-state index contributed by atoms with van der Waals surface area (Å²) in [6, 6.07) is 8.38. The van der Waals surface area contributed by atoms with Crippen LogP contribution < -0.4 is 5.32 Å². The molecule has 0 radical (unpaired) electrons. The van der Waals surface area contributed by atoms with Crippen LogP contribution in [0.3, 0.4) is 0 Å². The predicted octanol–water partition coefficient (Wildman–Crippen LogP) is 3.29. The summed E-state index contributed by atoms with van der Waals surface area (Å²) in [5.74, 6) is 0.623. The summed E-state index contributed by atoms with van der Waals surface area (Å²) in [5, 5.41) is 3.55. The van der Waals surface area contributed by atoms with Crippen molar-refractivity contribution in [2.45, 2.75) is 52.0 Å². The first-order valence-electron chi connectivity index (χ1n) is 7.57. The summed E-state index contributed by atoms with van der Waals surface area (Å²) < 4.78 is 22.6. The Morgan fingerprint density at radius 2 is 1.81 bits per heavy atom. The Kier molecular flexibility index (Phi) is 6.41. The van der Waals surface area contributed by atoms with E-state index in [1.165, 1.54) is 17.4 Å². The van der Waals surface area contributed by atoms with E-state index >= 15 is 0 Å². The number of benzene rings is 1. The number of rotatable bonds is 7. The molecule has 0 saturated heterocycles. The Bertz CT molecular complexity index is 544. The van der Waals surface area contributed by atoms with Gasteiger partial charge in [-0.05, 0) is 57.6 Å². The van der Waals surface area contributed by atoms with Crippen LogP contribution in [0, 0.1) is 6.92 Å². The smallest absolute Gasteiger partial charge is 0.147 e. The molecular formula is C17H29NO2S. The lowest BCUT2D eigenvalue weighted by atomic mass is 9.90. The van der Waals surface area contributed by atoms with Crippen molar-refractivity contribution < 1.29 is 8.42 Å². The highest BCUT2D eigenvalue weighted by atomic mass is 32.2. The second-order valence-corrected chi connectivity index (χ2v) is 9.22. The highest BCUT2D eigenvalue weighted by Gasteiger charge is 2.18. The molecular weight excluding hydrogens is 282 g/mol. The van der Waals surface area contributed by atoms with Crippen molar-refractivity contribution >= 4 is 9.84 Å².